The molecule has 0 bridgehead atoms. The molecule has 0 aliphatic carbocycles. The lowest BCUT2D eigenvalue weighted by atomic mass is 10.2. The highest BCUT2D eigenvalue weighted by Gasteiger charge is 2.07. The SMILES string of the molecule is C=C(C)C(=O)OC.C=C(CC=CC(=O)O)C(=O)OCC(C)C. The van der Waals surface area contributed by atoms with Crippen LogP contribution in [-0.2, 0) is 23.9 Å². The summed E-state index contributed by atoms with van der Waals surface area (Å²) >= 11 is 0. The molecular weight excluding hydrogens is 288 g/mol. The molecule has 0 aromatic rings. The largest absolute Gasteiger partial charge is 0.478 e. The summed E-state index contributed by atoms with van der Waals surface area (Å²) in [4.78, 5) is 31.5. The number of ether oxygens (including phenoxy) is 2. The third-order valence-corrected chi connectivity index (χ3v) is 1.99. The lowest BCUT2D eigenvalue weighted by Gasteiger charge is -2.07. The first-order valence-electron chi connectivity index (χ1n) is 6.60. The van der Waals surface area contributed by atoms with Gasteiger partial charge in [-0.05, 0) is 19.3 Å². The minimum atomic E-state index is -1.04. The van der Waals surface area contributed by atoms with Gasteiger partial charge in [-0.2, -0.15) is 0 Å². The quantitative estimate of drug-likeness (QED) is 0.574. The highest BCUT2D eigenvalue weighted by Crippen LogP contribution is 2.04. The molecule has 124 valence electrons. The predicted octanol–water partition coefficient (Wildman–Crippen LogP) is 2.51. The van der Waals surface area contributed by atoms with Gasteiger partial charge in [0, 0.05) is 17.2 Å². The van der Waals surface area contributed by atoms with Gasteiger partial charge in [0.05, 0.1) is 13.7 Å². The first-order chi connectivity index (χ1) is 10.1. The van der Waals surface area contributed by atoms with Gasteiger partial charge in [-0.1, -0.05) is 33.1 Å². The van der Waals surface area contributed by atoms with Crippen molar-refractivity contribution in [2.45, 2.75) is 27.2 Å². The van der Waals surface area contributed by atoms with Crippen molar-refractivity contribution >= 4 is 17.9 Å². The van der Waals surface area contributed by atoms with E-state index in [1.54, 1.807) is 6.92 Å². The fourth-order valence-electron chi connectivity index (χ4n) is 0.904. The van der Waals surface area contributed by atoms with E-state index in [1.807, 2.05) is 13.8 Å². The van der Waals surface area contributed by atoms with Crippen LogP contribution in [0.25, 0.3) is 0 Å². The molecule has 0 amide bonds. The number of carboxylic acids is 1. The Bertz CT molecular complexity index is 446. The molecule has 0 aromatic heterocycles. The summed E-state index contributed by atoms with van der Waals surface area (Å²) in [5, 5.41) is 8.31. The molecule has 0 spiro atoms. The normalized spacial score (nSPS) is 9.68. The Kier molecular flexibility index (Phi) is 12.3. The minimum absolute atomic E-state index is 0.198. The number of carbonyl (C=O) groups excluding carboxylic acids is 2. The average Bonchev–Trinajstić information content (AvgIpc) is 2.43. The standard InChI is InChI=1S/C11H16O4.C5H8O2/c1-8(2)7-15-11(14)9(3)5-4-6-10(12)13;1-4(2)5(6)7-3/h4,6,8H,3,5,7H2,1-2H3,(H,12,13);1H2,2-3H3. The van der Waals surface area contributed by atoms with Crippen LogP contribution in [0.15, 0.2) is 36.5 Å². The van der Waals surface area contributed by atoms with Crippen molar-refractivity contribution in [2.24, 2.45) is 5.92 Å². The zero-order valence-corrected chi connectivity index (χ0v) is 13.5. The number of aliphatic carboxylic acids is 1. The number of rotatable bonds is 7. The van der Waals surface area contributed by atoms with Crippen LogP contribution < -0.4 is 0 Å². The van der Waals surface area contributed by atoms with Crippen LogP contribution in [0, 0.1) is 5.92 Å². The van der Waals surface area contributed by atoms with Gasteiger partial charge >= 0.3 is 17.9 Å². The highest BCUT2D eigenvalue weighted by molar-refractivity contribution is 5.88. The molecule has 0 aliphatic heterocycles. The summed E-state index contributed by atoms with van der Waals surface area (Å²) in [7, 11) is 1.33. The van der Waals surface area contributed by atoms with Crippen molar-refractivity contribution in [1.29, 1.82) is 0 Å². The first kappa shape index (κ1) is 21.9. The van der Waals surface area contributed by atoms with Gasteiger partial charge in [0.2, 0.25) is 0 Å². The summed E-state index contributed by atoms with van der Waals surface area (Å²) < 4.78 is 9.18. The molecular formula is C16H24O6. The van der Waals surface area contributed by atoms with Gasteiger partial charge < -0.3 is 14.6 Å². The molecule has 0 atom stereocenters. The molecule has 0 rings (SSSR count). The lowest BCUT2D eigenvalue weighted by molar-refractivity contribution is -0.140. The van der Waals surface area contributed by atoms with E-state index in [0.29, 0.717) is 12.2 Å². The smallest absolute Gasteiger partial charge is 0.333 e. The molecule has 0 heterocycles. The Morgan fingerprint density at radius 3 is 2.05 bits per heavy atom. The zero-order valence-electron chi connectivity index (χ0n) is 13.5. The number of hydrogen-bond donors (Lipinski definition) is 1. The second-order valence-electron chi connectivity index (χ2n) is 4.81. The average molecular weight is 312 g/mol. The number of allylic oxidation sites excluding steroid dienone is 1. The van der Waals surface area contributed by atoms with Crippen LogP contribution in [0.1, 0.15) is 27.2 Å². The van der Waals surface area contributed by atoms with Gasteiger partial charge in [-0.3, -0.25) is 0 Å². The van der Waals surface area contributed by atoms with E-state index < -0.39 is 11.9 Å². The Balaban J connectivity index is 0. The fourth-order valence-corrected chi connectivity index (χ4v) is 0.904. The number of methoxy groups -OCH3 is 1. The summed E-state index contributed by atoms with van der Waals surface area (Å²) in [6, 6.07) is 0. The van der Waals surface area contributed by atoms with Crippen molar-refractivity contribution < 1.29 is 29.0 Å². The summed E-state index contributed by atoms with van der Waals surface area (Å²) in [5.41, 5.74) is 0.690. The van der Waals surface area contributed by atoms with E-state index >= 15 is 0 Å². The zero-order chi connectivity index (χ0) is 17.7. The molecule has 0 unspecified atom stereocenters. The maximum Gasteiger partial charge on any atom is 0.333 e. The van der Waals surface area contributed by atoms with E-state index in [2.05, 4.69) is 17.9 Å². The maximum absolute atomic E-state index is 11.2. The fraction of sp³-hybridized carbons (Fsp3) is 0.438. The van der Waals surface area contributed by atoms with Crippen molar-refractivity contribution in [2.75, 3.05) is 13.7 Å². The molecule has 22 heavy (non-hydrogen) atoms. The van der Waals surface area contributed by atoms with Crippen LogP contribution in [-0.4, -0.2) is 36.7 Å². The van der Waals surface area contributed by atoms with Crippen molar-refractivity contribution in [3.63, 3.8) is 0 Å². The van der Waals surface area contributed by atoms with E-state index in [1.165, 1.54) is 13.2 Å². The van der Waals surface area contributed by atoms with Crippen LogP contribution in [0.2, 0.25) is 0 Å². The van der Waals surface area contributed by atoms with E-state index in [-0.39, 0.29) is 23.9 Å². The second kappa shape index (κ2) is 12.4. The molecule has 0 aliphatic rings. The Morgan fingerprint density at radius 1 is 1.18 bits per heavy atom. The minimum Gasteiger partial charge on any atom is -0.478 e. The van der Waals surface area contributed by atoms with Crippen molar-refractivity contribution in [3.8, 4) is 0 Å². The van der Waals surface area contributed by atoms with Gasteiger partial charge in [-0.15, -0.1) is 0 Å². The third kappa shape index (κ3) is 14.0. The predicted molar refractivity (Wildman–Crippen MR) is 83.2 cm³/mol. The molecule has 6 nitrogen and oxygen atoms in total. The molecule has 0 radical (unpaired) electrons. The number of carbonyl (C=O) groups is 3. The van der Waals surface area contributed by atoms with Gasteiger partial charge in [-0.25, -0.2) is 14.4 Å². The summed E-state index contributed by atoms with van der Waals surface area (Å²) in [5.74, 6) is -1.59. The molecule has 0 fully saturated rings. The second-order valence-corrected chi connectivity index (χ2v) is 4.81. The van der Waals surface area contributed by atoms with E-state index in [0.717, 1.165) is 6.08 Å². The monoisotopic (exact) mass is 312 g/mol. The Morgan fingerprint density at radius 2 is 1.73 bits per heavy atom. The van der Waals surface area contributed by atoms with Gasteiger partial charge in [0.1, 0.15) is 0 Å². The highest BCUT2D eigenvalue weighted by atomic mass is 16.5. The molecule has 0 saturated heterocycles. The summed E-state index contributed by atoms with van der Waals surface area (Å²) in [6.07, 6.45) is 2.53. The third-order valence-electron chi connectivity index (χ3n) is 1.99. The molecule has 1 N–H and O–H groups in total. The van der Waals surface area contributed by atoms with Gasteiger partial charge in [0.25, 0.3) is 0 Å². The molecule has 0 aromatic carbocycles. The van der Waals surface area contributed by atoms with Crippen LogP contribution in [0.4, 0.5) is 0 Å². The number of esters is 2. The first-order valence-corrected chi connectivity index (χ1v) is 6.60. The Labute approximate surface area is 131 Å². The van der Waals surface area contributed by atoms with Gasteiger partial charge in [0.15, 0.2) is 0 Å². The van der Waals surface area contributed by atoms with Crippen LogP contribution in [0.3, 0.4) is 0 Å². The number of carboxylic acid groups (broad SMARTS) is 1. The number of hydrogen-bond acceptors (Lipinski definition) is 5. The van der Waals surface area contributed by atoms with E-state index in [9.17, 15) is 14.4 Å². The van der Waals surface area contributed by atoms with E-state index in [4.69, 9.17) is 9.84 Å². The van der Waals surface area contributed by atoms with Crippen LogP contribution in [0.5, 0.6) is 0 Å². The maximum atomic E-state index is 11.2. The molecule has 6 heteroatoms. The van der Waals surface area contributed by atoms with Crippen LogP contribution >= 0.6 is 0 Å². The Hall–Kier alpha value is -2.37. The topological polar surface area (TPSA) is 89.9 Å². The molecule has 0 saturated carbocycles. The van der Waals surface area contributed by atoms with Crippen molar-refractivity contribution in [3.05, 3.63) is 36.5 Å². The van der Waals surface area contributed by atoms with Crippen molar-refractivity contribution in [1.82, 2.24) is 0 Å². The lowest BCUT2D eigenvalue weighted by Crippen LogP contribution is -2.11. The summed E-state index contributed by atoms with van der Waals surface area (Å²) in [6.45, 7) is 12.7.